The van der Waals surface area contributed by atoms with Crippen molar-refractivity contribution in [2.24, 2.45) is 0 Å². The predicted octanol–water partition coefficient (Wildman–Crippen LogP) is 4.97. The van der Waals surface area contributed by atoms with E-state index < -0.39 is 33.3 Å². The van der Waals surface area contributed by atoms with Crippen LogP contribution in [0.1, 0.15) is 39.1 Å². The normalized spacial score (nSPS) is 13.5. The Labute approximate surface area is 212 Å². The Hall–Kier alpha value is -3.63. The number of benzene rings is 3. The van der Waals surface area contributed by atoms with Crippen LogP contribution in [0.3, 0.4) is 0 Å². The summed E-state index contributed by atoms with van der Waals surface area (Å²) in [6, 6.07) is 12.3. The van der Waals surface area contributed by atoms with Gasteiger partial charge in [-0.2, -0.15) is 0 Å². The van der Waals surface area contributed by atoms with Crippen molar-refractivity contribution in [3.63, 3.8) is 0 Å². The molecule has 2 N–H and O–H groups in total. The van der Waals surface area contributed by atoms with E-state index in [0.29, 0.717) is 18.5 Å². The van der Waals surface area contributed by atoms with Crippen molar-refractivity contribution in [3.8, 4) is 5.75 Å². The smallest absolute Gasteiger partial charge is 0.338 e. The monoisotopic (exact) mass is 532 g/mol. The average Bonchev–Trinajstić information content (AvgIpc) is 3.06. The summed E-state index contributed by atoms with van der Waals surface area (Å²) in [6.07, 6.45) is 1.98. The molecule has 1 aliphatic heterocycles. The number of sulfonamides is 1. The molecule has 8 nitrogen and oxygen atoms in total. The van der Waals surface area contributed by atoms with Crippen LogP contribution in [-0.2, 0) is 16.4 Å². The number of carboxylic acid groups (broad SMARTS) is 1. The number of carbonyl (C=O) groups excluding carboxylic acids is 1. The third kappa shape index (κ3) is 5.00. The number of amides is 1. The van der Waals surface area contributed by atoms with Crippen molar-refractivity contribution < 1.29 is 32.2 Å². The van der Waals surface area contributed by atoms with Crippen molar-refractivity contribution in [2.45, 2.75) is 24.2 Å². The van der Waals surface area contributed by atoms with E-state index >= 15 is 0 Å². The molecule has 0 fully saturated rings. The first-order chi connectivity index (χ1) is 17.1. The summed E-state index contributed by atoms with van der Waals surface area (Å²) in [5, 5.41) is 11.7. The Morgan fingerprint density at radius 1 is 1.08 bits per heavy atom. The maximum Gasteiger partial charge on any atom is 0.338 e. The summed E-state index contributed by atoms with van der Waals surface area (Å²) in [5.41, 5.74) is 0.803. The van der Waals surface area contributed by atoms with Crippen molar-refractivity contribution in [1.29, 1.82) is 0 Å². The Morgan fingerprint density at radius 2 is 1.86 bits per heavy atom. The molecule has 3 aromatic carbocycles. The molecule has 3 aromatic rings. The molecule has 0 aromatic heterocycles. The lowest BCUT2D eigenvalue weighted by Gasteiger charge is -2.26. The van der Waals surface area contributed by atoms with Crippen LogP contribution in [0.15, 0.2) is 59.5 Å². The Morgan fingerprint density at radius 3 is 2.56 bits per heavy atom. The number of ether oxygens (including phenoxy) is 1. The van der Waals surface area contributed by atoms with Crippen molar-refractivity contribution in [2.75, 3.05) is 23.3 Å². The second-order valence-electron chi connectivity index (χ2n) is 8.13. The number of carboxylic acids is 1. The quantitative estimate of drug-likeness (QED) is 0.463. The first-order valence-electron chi connectivity index (χ1n) is 10.9. The molecule has 188 valence electrons. The zero-order chi connectivity index (χ0) is 26.0. The number of hydrogen-bond donors (Lipinski definition) is 2. The van der Waals surface area contributed by atoms with Crippen LogP contribution >= 0.6 is 11.6 Å². The molecule has 1 amide bonds. The van der Waals surface area contributed by atoms with Gasteiger partial charge in [-0.15, -0.1) is 0 Å². The van der Waals surface area contributed by atoms with E-state index in [1.54, 1.807) is 12.1 Å². The molecule has 36 heavy (non-hydrogen) atoms. The number of hydrogen-bond acceptors (Lipinski definition) is 5. The molecule has 1 heterocycles. The minimum absolute atomic E-state index is 0.0607. The molecular weight excluding hydrogens is 511 g/mol. The van der Waals surface area contributed by atoms with Crippen LogP contribution in [0.2, 0.25) is 5.02 Å². The standard InChI is InChI=1S/C25H22ClFN2O6S/c1-35-22-10-7-17(26)13-23(22)36(33,34)29-11-3-2-4-15-5-6-16(12-21(15)29)24(30)28-18-8-9-19(25(31)32)20(27)14-18/h5-10,12-14H,2-4,11H2,1H3,(H,28,30)(H,31,32). The van der Waals surface area contributed by atoms with E-state index in [0.717, 1.165) is 24.1 Å². The zero-order valence-electron chi connectivity index (χ0n) is 19.1. The van der Waals surface area contributed by atoms with Gasteiger partial charge in [0, 0.05) is 22.8 Å². The number of aryl methyl sites for hydroxylation is 1. The summed E-state index contributed by atoms with van der Waals surface area (Å²) in [4.78, 5) is 23.9. The summed E-state index contributed by atoms with van der Waals surface area (Å²) < 4.78 is 48.0. The molecular formula is C25H22ClFN2O6S. The highest BCUT2D eigenvalue weighted by Gasteiger charge is 2.31. The van der Waals surface area contributed by atoms with Gasteiger partial charge in [-0.1, -0.05) is 17.7 Å². The van der Waals surface area contributed by atoms with Crippen molar-refractivity contribution in [1.82, 2.24) is 0 Å². The van der Waals surface area contributed by atoms with Gasteiger partial charge in [-0.05, 0) is 73.4 Å². The SMILES string of the molecule is COc1ccc(Cl)cc1S(=O)(=O)N1CCCCc2ccc(C(=O)Nc3ccc(C(=O)O)c(F)c3)cc21. The molecule has 0 bridgehead atoms. The van der Waals surface area contributed by atoms with Crippen LogP contribution in [0.5, 0.6) is 5.75 Å². The predicted molar refractivity (Wildman–Crippen MR) is 133 cm³/mol. The summed E-state index contributed by atoms with van der Waals surface area (Å²) in [6.45, 7) is 0.192. The van der Waals surface area contributed by atoms with Crippen LogP contribution < -0.4 is 14.4 Å². The van der Waals surface area contributed by atoms with Gasteiger partial charge in [0.25, 0.3) is 15.9 Å². The average molecular weight is 533 g/mol. The minimum atomic E-state index is -4.10. The summed E-state index contributed by atoms with van der Waals surface area (Å²) >= 11 is 6.08. The number of methoxy groups -OCH3 is 1. The fourth-order valence-electron chi connectivity index (χ4n) is 4.03. The van der Waals surface area contributed by atoms with E-state index in [1.807, 2.05) is 0 Å². The van der Waals surface area contributed by atoms with Crippen LogP contribution in [0, 0.1) is 5.82 Å². The number of halogens is 2. The van der Waals surface area contributed by atoms with Crippen LogP contribution in [0.25, 0.3) is 0 Å². The molecule has 11 heteroatoms. The van der Waals surface area contributed by atoms with Crippen LogP contribution in [-0.4, -0.2) is 39.1 Å². The highest BCUT2D eigenvalue weighted by Crippen LogP contribution is 2.36. The molecule has 0 atom stereocenters. The molecule has 0 saturated carbocycles. The first-order valence-corrected chi connectivity index (χ1v) is 12.8. The van der Waals surface area contributed by atoms with Gasteiger partial charge in [0.05, 0.1) is 18.4 Å². The lowest BCUT2D eigenvalue weighted by molar-refractivity contribution is 0.0691. The van der Waals surface area contributed by atoms with E-state index in [4.69, 9.17) is 21.4 Å². The number of aromatic carboxylic acids is 1. The van der Waals surface area contributed by atoms with E-state index in [1.165, 1.54) is 41.7 Å². The number of rotatable bonds is 6. The van der Waals surface area contributed by atoms with Crippen molar-refractivity contribution in [3.05, 3.63) is 82.1 Å². The second-order valence-corrected chi connectivity index (χ2v) is 10.4. The largest absolute Gasteiger partial charge is 0.495 e. The van der Waals surface area contributed by atoms with Gasteiger partial charge >= 0.3 is 5.97 Å². The first kappa shape index (κ1) is 25.5. The van der Waals surface area contributed by atoms with E-state index in [9.17, 15) is 22.4 Å². The fourth-order valence-corrected chi connectivity index (χ4v) is 5.98. The van der Waals surface area contributed by atoms with Gasteiger partial charge in [0.2, 0.25) is 0 Å². The summed E-state index contributed by atoms with van der Waals surface area (Å²) in [7, 11) is -2.73. The minimum Gasteiger partial charge on any atom is -0.495 e. The van der Waals surface area contributed by atoms with Gasteiger partial charge in [-0.25, -0.2) is 17.6 Å². The third-order valence-electron chi connectivity index (χ3n) is 5.82. The topological polar surface area (TPSA) is 113 Å². The zero-order valence-corrected chi connectivity index (χ0v) is 20.7. The lowest BCUT2D eigenvalue weighted by Crippen LogP contribution is -2.32. The van der Waals surface area contributed by atoms with E-state index in [2.05, 4.69) is 5.32 Å². The molecule has 0 unspecified atom stereocenters. The van der Waals surface area contributed by atoms with Gasteiger partial charge in [-0.3, -0.25) is 9.10 Å². The molecule has 0 spiro atoms. The highest BCUT2D eigenvalue weighted by molar-refractivity contribution is 7.93. The summed E-state index contributed by atoms with van der Waals surface area (Å²) in [5.74, 6) is -2.88. The molecule has 0 saturated heterocycles. The number of fused-ring (bicyclic) bond motifs is 1. The van der Waals surface area contributed by atoms with Gasteiger partial charge in [0.1, 0.15) is 16.5 Å². The molecule has 1 aliphatic rings. The van der Waals surface area contributed by atoms with E-state index in [-0.39, 0.29) is 33.5 Å². The number of carbonyl (C=O) groups is 2. The Kier molecular flexibility index (Phi) is 7.18. The second kappa shape index (κ2) is 10.2. The number of nitrogens with one attached hydrogen (secondary N) is 1. The highest BCUT2D eigenvalue weighted by atomic mass is 35.5. The Bertz CT molecular complexity index is 1460. The Balaban J connectivity index is 1.71. The number of anilines is 2. The fraction of sp³-hybridized carbons (Fsp3) is 0.200. The van der Waals surface area contributed by atoms with Gasteiger partial charge in [0.15, 0.2) is 0 Å². The molecule has 0 aliphatic carbocycles. The van der Waals surface area contributed by atoms with Gasteiger partial charge < -0.3 is 15.2 Å². The maximum absolute atomic E-state index is 14.0. The van der Waals surface area contributed by atoms with Crippen LogP contribution in [0.4, 0.5) is 15.8 Å². The lowest BCUT2D eigenvalue weighted by atomic mass is 10.0. The molecule has 0 radical (unpaired) electrons. The number of nitrogens with zero attached hydrogens (tertiary/aromatic N) is 1. The maximum atomic E-state index is 14.0. The third-order valence-corrected chi connectivity index (χ3v) is 7.89. The van der Waals surface area contributed by atoms with Crippen molar-refractivity contribution >= 4 is 44.9 Å². The molecule has 4 rings (SSSR count).